The van der Waals surface area contributed by atoms with Crippen molar-refractivity contribution in [2.45, 2.75) is 20.1 Å². The molecule has 6 heteroatoms. The molecule has 1 aromatic heterocycles. The number of aromatic nitrogens is 1. The average Bonchev–Trinajstić information content (AvgIpc) is 2.60. The molecule has 14 heavy (non-hydrogen) atoms. The van der Waals surface area contributed by atoms with E-state index in [0.29, 0.717) is 0 Å². The molecule has 0 unspecified atom stereocenters. The molecule has 0 fully saturated rings. The Morgan fingerprint density at radius 2 is 2.21 bits per heavy atom. The molecule has 1 rings (SSSR count). The lowest BCUT2D eigenvalue weighted by Crippen LogP contribution is -2.08. The quantitative estimate of drug-likeness (QED) is 0.657. The molecule has 0 aliphatic heterocycles. The Morgan fingerprint density at radius 1 is 1.50 bits per heavy atom. The summed E-state index contributed by atoms with van der Waals surface area (Å²) in [7, 11) is 0. The molecule has 78 valence electrons. The third-order valence-electron chi connectivity index (χ3n) is 1.64. The lowest BCUT2D eigenvalue weighted by molar-refractivity contribution is 0.0511. The minimum absolute atomic E-state index is 0.0792. The molecule has 6 nitrogen and oxygen atoms in total. The third-order valence-corrected chi connectivity index (χ3v) is 1.64. The Kier molecular flexibility index (Phi) is 3.61. The van der Waals surface area contributed by atoms with Crippen molar-refractivity contribution in [2.75, 3.05) is 6.61 Å². The van der Waals surface area contributed by atoms with E-state index < -0.39 is 19.2 Å². The lowest BCUT2D eigenvalue weighted by Gasteiger charge is -1.98. The van der Waals surface area contributed by atoms with Gasteiger partial charge in [-0.3, -0.25) is 0 Å². The van der Waals surface area contributed by atoms with E-state index in [1.54, 1.807) is 6.92 Å². The molecular weight excluding hydrogens is 190 g/mol. The molecule has 0 bridgehead atoms. The zero-order chi connectivity index (χ0) is 10.6. The van der Waals surface area contributed by atoms with Crippen LogP contribution in [-0.2, 0) is 18.0 Å². The van der Waals surface area contributed by atoms with Crippen molar-refractivity contribution in [2.24, 2.45) is 0 Å². The highest BCUT2D eigenvalue weighted by molar-refractivity contribution is 5.88. The fourth-order valence-electron chi connectivity index (χ4n) is 0.990. The van der Waals surface area contributed by atoms with Crippen LogP contribution >= 0.6 is 0 Å². The van der Waals surface area contributed by atoms with Crippen molar-refractivity contribution in [1.82, 2.24) is 5.16 Å². The number of hydrogen-bond acceptors (Lipinski definition) is 6. The van der Waals surface area contributed by atoms with E-state index >= 15 is 0 Å². The van der Waals surface area contributed by atoms with Gasteiger partial charge in [-0.15, -0.1) is 0 Å². The Morgan fingerprint density at radius 3 is 2.71 bits per heavy atom. The monoisotopic (exact) mass is 201 g/mol. The molecule has 1 aromatic rings. The topological polar surface area (TPSA) is 92.8 Å². The molecule has 0 radical (unpaired) electrons. The van der Waals surface area contributed by atoms with Gasteiger partial charge in [-0.25, -0.2) is 4.79 Å². The fourth-order valence-corrected chi connectivity index (χ4v) is 0.990. The smallest absolute Gasteiger partial charge is 0.360 e. The van der Waals surface area contributed by atoms with E-state index in [0.717, 1.165) is 0 Å². The van der Waals surface area contributed by atoms with Gasteiger partial charge in [0.2, 0.25) is 0 Å². The van der Waals surface area contributed by atoms with Gasteiger partial charge >= 0.3 is 5.97 Å². The van der Waals surface area contributed by atoms with E-state index in [2.05, 4.69) is 14.4 Å². The summed E-state index contributed by atoms with van der Waals surface area (Å²) in [5.74, 6) is -0.587. The predicted molar refractivity (Wildman–Crippen MR) is 44.3 cm³/mol. The molecule has 0 aliphatic rings. The van der Waals surface area contributed by atoms with Gasteiger partial charge < -0.3 is 19.5 Å². The van der Waals surface area contributed by atoms with Crippen LogP contribution in [0.4, 0.5) is 0 Å². The maximum Gasteiger partial charge on any atom is 0.360 e. The van der Waals surface area contributed by atoms with Crippen LogP contribution in [0.1, 0.15) is 28.7 Å². The standard InChI is InChI=1S/C8H11NO5/c1-2-13-8(12)7-5(3-10)6(4-11)14-9-7/h10-11H,2-4H2,1H3. The second kappa shape index (κ2) is 4.73. The summed E-state index contributed by atoms with van der Waals surface area (Å²) in [5, 5.41) is 21.1. The molecule has 0 spiro atoms. The van der Waals surface area contributed by atoms with E-state index in [9.17, 15) is 4.79 Å². The first-order chi connectivity index (χ1) is 6.74. The number of ether oxygens (including phenoxy) is 1. The minimum Gasteiger partial charge on any atom is -0.461 e. The normalized spacial score (nSPS) is 10.2. The molecule has 0 saturated heterocycles. The number of hydrogen-bond donors (Lipinski definition) is 2. The van der Waals surface area contributed by atoms with Crippen LogP contribution in [0.15, 0.2) is 4.52 Å². The number of aliphatic hydroxyl groups excluding tert-OH is 2. The maximum absolute atomic E-state index is 11.2. The summed E-state index contributed by atoms with van der Waals surface area (Å²) in [4.78, 5) is 11.2. The van der Waals surface area contributed by atoms with Crippen molar-refractivity contribution in [3.05, 3.63) is 17.0 Å². The summed E-state index contributed by atoms with van der Waals surface area (Å²) < 4.78 is 9.32. The molecule has 0 atom stereocenters. The highest BCUT2D eigenvalue weighted by Crippen LogP contribution is 2.15. The largest absolute Gasteiger partial charge is 0.461 e. The van der Waals surface area contributed by atoms with Crippen molar-refractivity contribution >= 4 is 5.97 Å². The summed E-state index contributed by atoms with van der Waals surface area (Å²) in [5.41, 5.74) is 0.0874. The molecule has 2 N–H and O–H groups in total. The van der Waals surface area contributed by atoms with E-state index in [1.165, 1.54) is 0 Å². The molecule has 0 amide bonds. The SMILES string of the molecule is CCOC(=O)c1noc(CO)c1CO. The number of nitrogens with zero attached hydrogens (tertiary/aromatic N) is 1. The third kappa shape index (κ3) is 1.91. The van der Waals surface area contributed by atoms with Gasteiger partial charge in [0.25, 0.3) is 0 Å². The van der Waals surface area contributed by atoms with E-state index in [-0.39, 0.29) is 23.6 Å². The van der Waals surface area contributed by atoms with Gasteiger partial charge in [-0.05, 0) is 6.92 Å². The number of carbonyl (C=O) groups excluding carboxylic acids is 1. The van der Waals surface area contributed by atoms with Gasteiger partial charge in [0.1, 0.15) is 6.61 Å². The van der Waals surface area contributed by atoms with Crippen LogP contribution in [0.3, 0.4) is 0 Å². The van der Waals surface area contributed by atoms with E-state index in [4.69, 9.17) is 10.2 Å². The van der Waals surface area contributed by atoms with Crippen LogP contribution in [-0.4, -0.2) is 27.9 Å². The lowest BCUT2D eigenvalue weighted by atomic mass is 10.2. The fraction of sp³-hybridized carbons (Fsp3) is 0.500. The van der Waals surface area contributed by atoms with Crippen molar-refractivity contribution in [3.8, 4) is 0 Å². The first kappa shape index (κ1) is 10.7. The Hall–Kier alpha value is -1.40. The molecule has 0 aromatic carbocycles. The van der Waals surface area contributed by atoms with Gasteiger partial charge in [0.15, 0.2) is 11.5 Å². The van der Waals surface area contributed by atoms with Crippen molar-refractivity contribution < 1.29 is 24.3 Å². The summed E-state index contributed by atoms with van der Waals surface area (Å²) in [6.07, 6.45) is 0. The highest BCUT2D eigenvalue weighted by atomic mass is 16.5. The first-order valence-electron chi connectivity index (χ1n) is 4.10. The van der Waals surface area contributed by atoms with Gasteiger partial charge in [0.05, 0.1) is 18.8 Å². The minimum atomic E-state index is -0.667. The number of esters is 1. The van der Waals surface area contributed by atoms with Crippen LogP contribution < -0.4 is 0 Å². The van der Waals surface area contributed by atoms with Crippen LogP contribution in [0.25, 0.3) is 0 Å². The number of rotatable bonds is 4. The van der Waals surface area contributed by atoms with Crippen molar-refractivity contribution in [3.63, 3.8) is 0 Å². The number of aliphatic hydroxyl groups is 2. The molecule has 0 saturated carbocycles. The van der Waals surface area contributed by atoms with Crippen LogP contribution in [0.5, 0.6) is 0 Å². The summed E-state index contributed by atoms with van der Waals surface area (Å²) in [6, 6.07) is 0. The average molecular weight is 201 g/mol. The molecule has 1 heterocycles. The Labute approximate surface area is 80.1 Å². The second-order valence-corrected chi connectivity index (χ2v) is 2.47. The maximum atomic E-state index is 11.2. The first-order valence-corrected chi connectivity index (χ1v) is 4.10. The van der Waals surface area contributed by atoms with Crippen LogP contribution in [0.2, 0.25) is 0 Å². The van der Waals surface area contributed by atoms with Gasteiger partial charge in [-0.1, -0.05) is 5.16 Å². The van der Waals surface area contributed by atoms with Crippen LogP contribution in [0, 0.1) is 0 Å². The van der Waals surface area contributed by atoms with Gasteiger partial charge in [0, 0.05) is 0 Å². The molecule has 0 aliphatic carbocycles. The molecular formula is C8H11NO5. The second-order valence-electron chi connectivity index (χ2n) is 2.47. The number of carbonyl (C=O) groups is 1. The van der Waals surface area contributed by atoms with Gasteiger partial charge in [-0.2, -0.15) is 0 Å². The van der Waals surface area contributed by atoms with Crippen molar-refractivity contribution in [1.29, 1.82) is 0 Å². The predicted octanol–water partition coefficient (Wildman–Crippen LogP) is -0.164. The Bertz CT molecular complexity index is 320. The Balaban J connectivity index is 2.96. The highest BCUT2D eigenvalue weighted by Gasteiger charge is 2.21. The summed E-state index contributed by atoms with van der Waals surface area (Å²) >= 11 is 0. The summed E-state index contributed by atoms with van der Waals surface area (Å²) in [6.45, 7) is 1.03. The zero-order valence-corrected chi connectivity index (χ0v) is 7.69. The van der Waals surface area contributed by atoms with E-state index in [1.807, 2.05) is 0 Å². The zero-order valence-electron chi connectivity index (χ0n) is 7.69.